The number of hydrogen-bond donors (Lipinski definition) is 2. The van der Waals surface area contributed by atoms with E-state index in [1.807, 2.05) is 0 Å². The quantitative estimate of drug-likeness (QED) is 0.866. The lowest BCUT2D eigenvalue weighted by Crippen LogP contribution is -2.39. The van der Waals surface area contributed by atoms with E-state index in [0.29, 0.717) is 5.56 Å². The fraction of sp³-hybridized carbons (Fsp3) is 0.214. The van der Waals surface area contributed by atoms with Gasteiger partial charge in [-0.1, -0.05) is 30.3 Å². The summed E-state index contributed by atoms with van der Waals surface area (Å²) < 4.78 is 38.1. The van der Waals surface area contributed by atoms with Crippen molar-refractivity contribution in [2.45, 2.75) is 18.8 Å². The second-order valence-electron chi connectivity index (χ2n) is 4.71. The van der Waals surface area contributed by atoms with Crippen molar-refractivity contribution in [2.24, 2.45) is 5.73 Å². The molecule has 0 aliphatic carbocycles. The SMILES string of the molecule is NC(=O)[C@@H](NC(=O)Cn1ccc(C(F)(F)F)n1)c1ccccc1. The number of rotatable bonds is 5. The van der Waals surface area contributed by atoms with Gasteiger partial charge in [-0.25, -0.2) is 0 Å². The molecule has 122 valence electrons. The number of nitrogens with one attached hydrogen (secondary N) is 1. The molecule has 1 atom stereocenters. The first-order valence-corrected chi connectivity index (χ1v) is 6.51. The van der Waals surface area contributed by atoms with E-state index < -0.39 is 36.3 Å². The smallest absolute Gasteiger partial charge is 0.368 e. The maximum absolute atomic E-state index is 12.4. The van der Waals surface area contributed by atoms with E-state index in [1.165, 1.54) is 0 Å². The molecule has 0 unspecified atom stereocenters. The first kappa shape index (κ1) is 16.5. The molecular weight excluding hydrogens is 313 g/mol. The minimum Gasteiger partial charge on any atom is -0.368 e. The van der Waals surface area contributed by atoms with Gasteiger partial charge in [0.2, 0.25) is 11.8 Å². The van der Waals surface area contributed by atoms with E-state index in [0.717, 1.165) is 16.9 Å². The van der Waals surface area contributed by atoms with Crippen LogP contribution in [0.2, 0.25) is 0 Å². The third-order valence-electron chi connectivity index (χ3n) is 2.96. The number of carbonyl (C=O) groups excluding carboxylic acids is 2. The first-order chi connectivity index (χ1) is 10.8. The molecule has 1 aromatic carbocycles. The van der Waals surface area contributed by atoms with Gasteiger partial charge < -0.3 is 11.1 Å². The summed E-state index contributed by atoms with van der Waals surface area (Å²) in [6, 6.07) is 7.96. The molecule has 3 N–H and O–H groups in total. The summed E-state index contributed by atoms with van der Waals surface area (Å²) >= 11 is 0. The number of benzene rings is 1. The molecule has 0 radical (unpaired) electrons. The van der Waals surface area contributed by atoms with Gasteiger partial charge in [0.15, 0.2) is 5.69 Å². The summed E-state index contributed by atoms with van der Waals surface area (Å²) in [5.41, 5.74) is 4.63. The molecular formula is C14H13F3N4O2. The van der Waals surface area contributed by atoms with Crippen LogP contribution >= 0.6 is 0 Å². The molecule has 0 aliphatic heterocycles. The number of carbonyl (C=O) groups is 2. The van der Waals surface area contributed by atoms with Crippen LogP contribution in [0.15, 0.2) is 42.6 Å². The molecule has 1 aromatic heterocycles. The van der Waals surface area contributed by atoms with Crippen LogP contribution < -0.4 is 11.1 Å². The Kier molecular flexibility index (Phi) is 4.68. The van der Waals surface area contributed by atoms with Crippen LogP contribution in [0.1, 0.15) is 17.3 Å². The third kappa shape index (κ3) is 4.31. The number of nitrogens with two attached hydrogens (primary N) is 1. The van der Waals surface area contributed by atoms with Crippen molar-refractivity contribution in [3.05, 3.63) is 53.9 Å². The number of amides is 2. The fourth-order valence-corrected chi connectivity index (χ4v) is 1.92. The number of alkyl halides is 3. The van der Waals surface area contributed by atoms with Gasteiger partial charge in [-0.15, -0.1) is 0 Å². The molecule has 2 amide bonds. The van der Waals surface area contributed by atoms with Crippen LogP contribution in [0.25, 0.3) is 0 Å². The highest BCUT2D eigenvalue weighted by molar-refractivity contribution is 5.87. The molecule has 6 nitrogen and oxygen atoms in total. The van der Waals surface area contributed by atoms with Gasteiger partial charge in [0.1, 0.15) is 12.6 Å². The Morgan fingerprint density at radius 1 is 1.22 bits per heavy atom. The number of hydrogen-bond acceptors (Lipinski definition) is 3. The Morgan fingerprint density at radius 3 is 2.39 bits per heavy atom. The molecule has 0 saturated carbocycles. The number of aromatic nitrogens is 2. The summed E-state index contributed by atoms with van der Waals surface area (Å²) in [6.45, 7) is -0.466. The lowest BCUT2D eigenvalue weighted by molar-refractivity contribution is -0.141. The fourth-order valence-electron chi connectivity index (χ4n) is 1.92. The van der Waals surface area contributed by atoms with Crippen LogP contribution in [0.3, 0.4) is 0 Å². The van der Waals surface area contributed by atoms with Gasteiger partial charge >= 0.3 is 6.18 Å². The summed E-state index contributed by atoms with van der Waals surface area (Å²) in [6.07, 6.45) is -3.55. The van der Waals surface area contributed by atoms with Gasteiger partial charge in [0.25, 0.3) is 0 Å². The Bertz CT molecular complexity index is 698. The predicted octanol–water partition coefficient (Wildman–Crippen LogP) is 1.24. The average Bonchev–Trinajstić information content (AvgIpc) is 2.94. The van der Waals surface area contributed by atoms with Gasteiger partial charge in [-0.2, -0.15) is 18.3 Å². The van der Waals surface area contributed by atoms with Crippen LogP contribution in [0.5, 0.6) is 0 Å². The van der Waals surface area contributed by atoms with Crippen LogP contribution in [0.4, 0.5) is 13.2 Å². The second kappa shape index (κ2) is 6.51. The molecule has 2 aromatic rings. The maximum Gasteiger partial charge on any atom is 0.435 e. The minimum absolute atomic E-state index is 0.466. The van der Waals surface area contributed by atoms with Crippen molar-refractivity contribution in [3.63, 3.8) is 0 Å². The highest BCUT2D eigenvalue weighted by atomic mass is 19.4. The molecule has 0 fully saturated rings. The maximum atomic E-state index is 12.4. The molecule has 9 heteroatoms. The topological polar surface area (TPSA) is 90.0 Å². The Hall–Kier alpha value is -2.84. The van der Waals surface area contributed by atoms with Crippen LogP contribution in [-0.4, -0.2) is 21.6 Å². The zero-order valence-corrected chi connectivity index (χ0v) is 11.7. The van der Waals surface area contributed by atoms with E-state index in [2.05, 4.69) is 10.4 Å². The zero-order chi connectivity index (χ0) is 17.0. The van der Waals surface area contributed by atoms with Crippen LogP contribution in [0, 0.1) is 0 Å². The summed E-state index contributed by atoms with van der Waals surface area (Å²) in [7, 11) is 0. The predicted molar refractivity (Wildman–Crippen MR) is 73.7 cm³/mol. The Labute approximate surface area is 129 Å². The molecule has 1 heterocycles. The van der Waals surface area contributed by atoms with Crippen molar-refractivity contribution in [1.82, 2.24) is 15.1 Å². The molecule has 0 aliphatic rings. The molecule has 23 heavy (non-hydrogen) atoms. The second-order valence-corrected chi connectivity index (χ2v) is 4.71. The first-order valence-electron chi connectivity index (χ1n) is 6.51. The monoisotopic (exact) mass is 326 g/mol. The molecule has 0 spiro atoms. The highest BCUT2D eigenvalue weighted by Crippen LogP contribution is 2.27. The normalized spacial score (nSPS) is 12.7. The highest BCUT2D eigenvalue weighted by Gasteiger charge is 2.33. The lowest BCUT2D eigenvalue weighted by Gasteiger charge is -2.15. The summed E-state index contributed by atoms with van der Waals surface area (Å²) in [5.74, 6) is -1.46. The van der Waals surface area contributed by atoms with E-state index in [1.54, 1.807) is 30.3 Å². The standard InChI is InChI=1S/C14H13F3N4O2/c15-14(16,17)10-6-7-21(20-10)8-11(22)19-12(13(18)23)9-4-2-1-3-5-9/h1-7,12H,8H2,(H2,18,23)(H,19,22)/t12-/m0/s1. The Morgan fingerprint density at radius 2 is 1.87 bits per heavy atom. The molecule has 0 bridgehead atoms. The third-order valence-corrected chi connectivity index (χ3v) is 2.96. The van der Waals surface area contributed by atoms with Gasteiger partial charge in [0.05, 0.1) is 0 Å². The zero-order valence-electron chi connectivity index (χ0n) is 11.7. The van der Waals surface area contributed by atoms with Crippen molar-refractivity contribution in [2.75, 3.05) is 0 Å². The number of primary amides is 1. The molecule has 0 saturated heterocycles. The van der Waals surface area contributed by atoms with Crippen molar-refractivity contribution >= 4 is 11.8 Å². The van der Waals surface area contributed by atoms with Crippen molar-refractivity contribution < 1.29 is 22.8 Å². The molecule has 2 rings (SSSR count). The van der Waals surface area contributed by atoms with Gasteiger partial charge in [-0.3, -0.25) is 14.3 Å². The number of nitrogens with zero attached hydrogens (tertiary/aromatic N) is 2. The summed E-state index contributed by atoms with van der Waals surface area (Å²) in [5, 5.41) is 5.63. The van der Waals surface area contributed by atoms with E-state index in [9.17, 15) is 22.8 Å². The van der Waals surface area contributed by atoms with E-state index in [4.69, 9.17) is 5.73 Å². The lowest BCUT2D eigenvalue weighted by atomic mass is 10.1. The van der Waals surface area contributed by atoms with Gasteiger partial charge in [-0.05, 0) is 11.6 Å². The number of halogens is 3. The van der Waals surface area contributed by atoms with E-state index >= 15 is 0 Å². The average molecular weight is 326 g/mol. The Balaban J connectivity index is 2.05. The van der Waals surface area contributed by atoms with Crippen molar-refractivity contribution in [3.8, 4) is 0 Å². The largest absolute Gasteiger partial charge is 0.435 e. The van der Waals surface area contributed by atoms with Gasteiger partial charge in [0, 0.05) is 6.20 Å². The van der Waals surface area contributed by atoms with Crippen molar-refractivity contribution in [1.29, 1.82) is 0 Å². The van der Waals surface area contributed by atoms with E-state index in [-0.39, 0.29) is 0 Å². The van der Waals surface area contributed by atoms with Crippen LogP contribution in [-0.2, 0) is 22.3 Å². The minimum atomic E-state index is -4.58. The summed E-state index contributed by atoms with van der Waals surface area (Å²) in [4.78, 5) is 23.4.